The monoisotopic (exact) mass is 363 g/mol. The molecule has 0 spiro atoms. The molecule has 26 heavy (non-hydrogen) atoms. The van der Waals surface area contributed by atoms with E-state index in [1.807, 2.05) is 19.1 Å². The fourth-order valence-electron chi connectivity index (χ4n) is 3.23. The minimum absolute atomic E-state index is 0.578. The Morgan fingerprint density at radius 3 is 2.65 bits per heavy atom. The number of aryl methyl sites for hydroxylation is 3. The molecule has 0 aliphatic rings. The van der Waals surface area contributed by atoms with Crippen LogP contribution in [0.15, 0.2) is 52.3 Å². The number of thiophene rings is 1. The van der Waals surface area contributed by atoms with Gasteiger partial charge in [-0.15, -0.1) is 11.3 Å². The van der Waals surface area contributed by atoms with Gasteiger partial charge in [-0.05, 0) is 56.5 Å². The number of hydrogen-bond donors (Lipinski definition) is 0. The van der Waals surface area contributed by atoms with Crippen molar-refractivity contribution in [2.45, 2.75) is 27.2 Å². The summed E-state index contributed by atoms with van der Waals surface area (Å²) < 4.78 is 13.2. The molecule has 0 saturated carbocycles. The molecule has 0 aliphatic heterocycles. The van der Waals surface area contributed by atoms with Crippen molar-refractivity contribution in [3.05, 3.63) is 70.4 Å². The van der Waals surface area contributed by atoms with Gasteiger partial charge in [0, 0.05) is 22.1 Å². The first kappa shape index (κ1) is 16.9. The van der Waals surface area contributed by atoms with Gasteiger partial charge >= 0.3 is 0 Å². The standard InChI is InChI=1S/C22H21NO2S/c1-14-11-15(2)13-17(12-14)22-23-19(16(3)25-22)7-9-24-20-5-4-6-21-18(20)8-10-26-21/h4-6,8,10-13H,7,9H2,1-3H3. The fourth-order valence-corrected chi connectivity index (χ4v) is 4.03. The zero-order valence-corrected chi connectivity index (χ0v) is 16.0. The summed E-state index contributed by atoms with van der Waals surface area (Å²) in [6, 6.07) is 14.6. The van der Waals surface area contributed by atoms with E-state index in [4.69, 9.17) is 14.1 Å². The zero-order chi connectivity index (χ0) is 18.1. The average molecular weight is 363 g/mol. The van der Waals surface area contributed by atoms with Crippen LogP contribution in [0.4, 0.5) is 0 Å². The van der Waals surface area contributed by atoms with E-state index in [9.17, 15) is 0 Å². The van der Waals surface area contributed by atoms with Gasteiger partial charge in [-0.1, -0.05) is 23.3 Å². The lowest BCUT2D eigenvalue weighted by molar-refractivity contribution is 0.323. The van der Waals surface area contributed by atoms with Crippen LogP contribution in [0.5, 0.6) is 5.75 Å². The van der Waals surface area contributed by atoms with Gasteiger partial charge in [0.1, 0.15) is 11.5 Å². The molecular weight excluding hydrogens is 342 g/mol. The molecule has 132 valence electrons. The summed E-state index contributed by atoms with van der Waals surface area (Å²) in [4.78, 5) is 4.70. The summed E-state index contributed by atoms with van der Waals surface area (Å²) in [5, 5.41) is 3.26. The van der Waals surface area contributed by atoms with E-state index in [1.54, 1.807) is 11.3 Å². The van der Waals surface area contributed by atoms with Crippen molar-refractivity contribution < 1.29 is 9.15 Å². The number of aromatic nitrogens is 1. The second kappa shape index (κ2) is 6.96. The Kier molecular flexibility index (Phi) is 4.51. The van der Waals surface area contributed by atoms with Crippen molar-refractivity contribution in [1.82, 2.24) is 4.98 Å². The van der Waals surface area contributed by atoms with E-state index in [0.717, 1.165) is 29.2 Å². The van der Waals surface area contributed by atoms with Gasteiger partial charge in [-0.2, -0.15) is 0 Å². The Morgan fingerprint density at radius 1 is 1.04 bits per heavy atom. The highest BCUT2D eigenvalue weighted by Gasteiger charge is 2.12. The number of fused-ring (bicyclic) bond motifs is 1. The van der Waals surface area contributed by atoms with Crippen LogP contribution in [0.2, 0.25) is 0 Å². The smallest absolute Gasteiger partial charge is 0.226 e. The summed E-state index contributed by atoms with van der Waals surface area (Å²) in [5.41, 5.74) is 4.41. The van der Waals surface area contributed by atoms with Crippen molar-refractivity contribution in [1.29, 1.82) is 0 Å². The molecule has 4 aromatic rings. The lowest BCUT2D eigenvalue weighted by Gasteiger charge is -2.06. The number of benzene rings is 2. The Hall–Kier alpha value is -2.59. The molecule has 2 aromatic carbocycles. The van der Waals surface area contributed by atoms with E-state index in [-0.39, 0.29) is 0 Å². The Bertz CT molecular complexity index is 1040. The third-order valence-corrected chi connectivity index (χ3v) is 5.30. The zero-order valence-electron chi connectivity index (χ0n) is 15.2. The first-order valence-corrected chi connectivity index (χ1v) is 9.62. The average Bonchev–Trinajstić information content (AvgIpc) is 3.21. The Morgan fingerprint density at radius 2 is 1.85 bits per heavy atom. The van der Waals surface area contributed by atoms with E-state index in [1.165, 1.54) is 21.2 Å². The fraction of sp³-hybridized carbons (Fsp3) is 0.227. The first-order chi connectivity index (χ1) is 12.6. The number of oxazole rings is 1. The number of rotatable bonds is 5. The van der Waals surface area contributed by atoms with Gasteiger partial charge in [0.15, 0.2) is 0 Å². The van der Waals surface area contributed by atoms with Gasteiger partial charge in [0.05, 0.1) is 12.3 Å². The summed E-state index contributed by atoms with van der Waals surface area (Å²) >= 11 is 1.73. The van der Waals surface area contributed by atoms with Crippen LogP contribution in [0.1, 0.15) is 22.6 Å². The molecule has 3 nitrogen and oxygen atoms in total. The Labute approximate surface area is 157 Å². The molecule has 0 N–H and O–H groups in total. The van der Waals surface area contributed by atoms with Crippen LogP contribution in [0, 0.1) is 20.8 Å². The van der Waals surface area contributed by atoms with Crippen molar-refractivity contribution in [3.63, 3.8) is 0 Å². The third kappa shape index (κ3) is 3.37. The second-order valence-corrected chi connectivity index (χ2v) is 7.53. The molecule has 0 fully saturated rings. The second-order valence-electron chi connectivity index (χ2n) is 6.59. The summed E-state index contributed by atoms with van der Waals surface area (Å²) in [7, 11) is 0. The van der Waals surface area contributed by atoms with E-state index >= 15 is 0 Å². The lowest BCUT2D eigenvalue weighted by atomic mass is 10.1. The molecule has 0 unspecified atom stereocenters. The van der Waals surface area contributed by atoms with Crippen LogP contribution in [0.25, 0.3) is 21.5 Å². The van der Waals surface area contributed by atoms with Crippen LogP contribution in [-0.2, 0) is 6.42 Å². The highest BCUT2D eigenvalue weighted by atomic mass is 32.1. The normalized spacial score (nSPS) is 11.2. The molecule has 2 heterocycles. The molecule has 0 saturated heterocycles. The van der Waals surface area contributed by atoms with Gasteiger partial charge in [0.25, 0.3) is 0 Å². The van der Waals surface area contributed by atoms with Crippen LogP contribution < -0.4 is 4.74 Å². The van der Waals surface area contributed by atoms with Gasteiger partial charge in [-0.3, -0.25) is 0 Å². The van der Waals surface area contributed by atoms with Crippen LogP contribution >= 0.6 is 11.3 Å². The topological polar surface area (TPSA) is 35.3 Å². The number of hydrogen-bond acceptors (Lipinski definition) is 4. The first-order valence-electron chi connectivity index (χ1n) is 8.74. The van der Waals surface area contributed by atoms with E-state index in [0.29, 0.717) is 12.5 Å². The minimum Gasteiger partial charge on any atom is -0.493 e. The molecular formula is C22H21NO2S. The van der Waals surface area contributed by atoms with Crippen LogP contribution in [0.3, 0.4) is 0 Å². The van der Waals surface area contributed by atoms with Crippen molar-refractivity contribution in [2.24, 2.45) is 0 Å². The molecule has 0 amide bonds. The molecule has 0 aliphatic carbocycles. The third-order valence-electron chi connectivity index (χ3n) is 4.41. The van der Waals surface area contributed by atoms with E-state index in [2.05, 4.69) is 49.6 Å². The summed E-state index contributed by atoms with van der Waals surface area (Å²) in [6.07, 6.45) is 0.723. The van der Waals surface area contributed by atoms with Gasteiger partial charge in [0.2, 0.25) is 5.89 Å². The molecule has 0 atom stereocenters. The highest BCUT2D eigenvalue weighted by Crippen LogP contribution is 2.30. The van der Waals surface area contributed by atoms with Crippen molar-refractivity contribution in [2.75, 3.05) is 6.61 Å². The maximum atomic E-state index is 6.01. The maximum Gasteiger partial charge on any atom is 0.226 e. The molecule has 4 heteroatoms. The SMILES string of the molecule is Cc1cc(C)cc(-c2nc(CCOc3cccc4sccc34)c(C)o2)c1. The predicted molar refractivity (Wildman–Crippen MR) is 107 cm³/mol. The summed E-state index contributed by atoms with van der Waals surface area (Å²) in [5.74, 6) is 2.47. The highest BCUT2D eigenvalue weighted by molar-refractivity contribution is 7.17. The van der Waals surface area contributed by atoms with E-state index < -0.39 is 0 Å². The molecule has 0 bridgehead atoms. The molecule has 2 aromatic heterocycles. The van der Waals surface area contributed by atoms with Gasteiger partial charge < -0.3 is 9.15 Å². The van der Waals surface area contributed by atoms with Crippen molar-refractivity contribution in [3.8, 4) is 17.2 Å². The largest absolute Gasteiger partial charge is 0.493 e. The minimum atomic E-state index is 0.578. The quantitative estimate of drug-likeness (QED) is 0.429. The maximum absolute atomic E-state index is 6.01. The van der Waals surface area contributed by atoms with Gasteiger partial charge in [-0.25, -0.2) is 4.98 Å². The number of nitrogens with zero attached hydrogens (tertiary/aromatic N) is 1. The van der Waals surface area contributed by atoms with Crippen LogP contribution in [-0.4, -0.2) is 11.6 Å². The lowest BCUT2D eigenvalue weighted by Crippen LogP contribution is -2.02. The number of ether oxygens (including phenoxy) is 1. The Balaban J connectivity index is 1.49. The predicted octanol–water partition coefficient (Wildman–Crippen LogP) is 6.10. The van der Waals surface area contributed by atoms with Crippen molar-refractivity contribution >= 4 is 21.4 Å². The molecule has 0 radical (unpaired) electrons. The summed E-state index contributed by atoms with van der Waals surface area (Å²) in [6.45, 7) is 6.72. The molecule has 4 rings (SSSR count).